The zero-order valence-corrected chi connectivity index (χ0v) is 12.2. The van der Waals surface area contributed by atoms with Crippen LogP contribution in [-0.4, -0.2) is 29.5 Å². The average Bonchev–Trinajstić information content (AvgIpc) is 2.89. The van der Waals surface area contributed by atoms with E-state index in [1.165, 1.54) is 12.1 Å². The molecule has 2 amide bonds. The summed E-state index contributed by atoms with van der Waals surface area (Å²) in [6, 6.07) is 11.8. The van der Waals surface area contributed by atoms with Gasteiger partial charge in [0.05, 0.1) is 5.56 Å². The molecule has 1 heterocycles. The molecule has 6 heteroatoms. The fraction of sp³-hybridized carbons (Fsp3) is 0.176. The van der Waals surface area contributed by atoms with Gasteiger partial charge in [-0.05, 0) is 30.7 Å². The molecule has 5 nitrogen and oxygen atoms in total. The molecule has 0 unspecified atom stereocenters. The molecule has 2 aromatic rings. The molecule has 23 heavy (non-hydrogen) atoms. The van der Waals surface area contributed by atoms with Gasteiger partial charge in [-0.25, -0.2) is 4.39 Å². The van der Waals surface area contributed by atoms with E-state index in [9.17, 15) is 19.1 Å². The van der Waals surface area contributed by atoms with Crippen molar-refractivity contribution in [1.29, 1.82) is 0 Å². The van der Waals surface area contributed by atoms with Crippen LogP contribution in [0.5, 0.6) is 5.75 Å². The highest BCUT2D eigenvalue weighted by molar-refractivity contribution is 6.04. The number of hydrogen-bond acceptors (Lipinski definition) is 3. The van der Waals surface area contributed by atoms with Crippen molar-refractivity contribution in [1.82, 2.24) is 5.32 Å². The van der Waals surface area contributed by atoms with Gasteiger partial charge < -0.3 is 15.3 Å². The zero-order valence-electron chi connectivity index (χ0n) is 12.2. The number of phenolic OH excluding ortho intramolecular Hbond substituents is 1. The van der Waals surface area contributed by atoms with Crippen molar-refractivity contribution in [2.45, 2.75) is 12.5 Å². The lowest BCUT2D eigenvalue weighted by atomic mass is 10.1. The quantitative estimate of drug-likeness (QED) is 0.911. The maximum Gasteiger partial charge on any atom is 0.254 e. The minimum Gasteiger partial charge on any atom is -0.508 e. The summed E-state index contributed by atoms with van der Waals surface area (Å²) in [4.78, 5) is 26.1. The predicted molar refractivity (Wildman–Crippen MR) is 82.7 cm³/mol. The largest absolute Gasteiger partial charge is 0.508 e. The normalized spacial score (nSPS) is 17.3. The summed E-state index contributed by atoms with van der Waals surface area (Å²) in [6.07, 6.45) is 0.458. The second kappa shape index (κ2) is 6.08. The fourth-order valence-electron chi connectivity index (χ4n) is 2.60. The molecule has 0 bridgehead atoms. The van der Waals surface area contributed by atoms with E-state index >= 15 is 0 Å². The first-order chi connectivity index (χ1) is 11.1. The Kier molecular flexibility index (Phi) is 3.97. The van der Waals surface area contributed by atoms with Gasteiger partial charge in [0.25, 0.3) is 5.91 Å². The molecule has 1 fully saturated rings. The molecule has 1 aliphatic rings. The maximum atomic E-state index is 13.7. The minimum absolute atomic E-state index is 0.200. The molecule has 2 aromatic carbocycles. The van der Waals surface area contributed by atoms with Crippen molar-refractivity contribution in [3.05, 3.63) is 59.9 Å². The van der Waals surface area contributed by atoms with E-state index in [1.807, 2.05) is 30.3 Å². The standard InChI is InChI=1S/C17H15FN2O3/c18-14-10-12(21)6-7-13(14)16(22)19-15-8-9-20(17(15)23)11-4-2-1-3-5-11/h1-7,10,15,21H,8-9H2,(H,19,22)/t15-/m1/s1. The molecule has 0 saturated carbocycles. The van der Waals surface area contributed by atoms with Crippen LogP contribution in [0, 0.1) is 5.82 Å². The highest BCUT2D eigenvalue weighted by Crippen LogP contribution is 2.22. The van der Waals surface area contributed by atoms with E-state index in [1.54, 1.807) is 4.90 Å². The summed E-state index contributed by atoms with van der Waals surface area (Å²) < 4.78 is 13.7. The Balaban J connectivity index is 1.72. The van der Waals surface area contributed by atoms with E-state index in [-0.39, 0.29) is 17.2 Å². The van der Waals surface area contributed by atoms with Crippen molar-refractivity contribution < 1.29 is 19.1 Å². The number of para-hydroxylation sites is 1. The number of carbonyl (C=O) groups excluding carboxylic acids is 2. The van der Waals surface area contributed by atoms with Crippen molar-refractivity contribution in [2.24, 2.45) is 0 Å². The number of halogens is 1. The zero-order chi connectivity index (χ0) is 16.4. The van der Waals surface area contributed by atoms with Crippen molar-refractivity contribution in [3.63, 3.8) is 0 Å². The molecule has 0 radical (unpaired) electrons. The summed E-state index contributed by atoms with van der Waals surface area (Å²) in [7, 11) is 0. The summed E-state index contributed by atoms with van der Waals surface area (Å²) in [5.74, 6) is -1.97. The summed E-state index contributed by atoms with van der Waals surface area (Å²) in [5.41, 5.74) is 0.568. The van der Waals surface area contributed by atoms with Gasteiger partial charge in [-0.1, -0.05) is 18.2 Å². The highest BCUT2D eigenvalue weighted by atomic mass is 19.1. The van der Waals surface area contributed by atoms with E-state index < -0.39 is 17.8 Å². The van der Waals surface area contributed by atoms with E-state index in [2.05, 4.69) is 5.32 Å². The first-order valence-corrected chi connectivity index (χ1v) is 7.22. The van der Waals surface area contributed by atoms with Gasteiger partial charge in [-0.2, -0.15) is 0 Å². The number of anilines is 1. The van der Waals surface area contributed by atoms with Gasteiger partial charge >= 0.3 is 0 Å². The number of nitrogens with one attached hydrogen (secondary N) is 1. The Morgan fingerprint density at radius 1 is 1.22 bits per heavy atom. The van der Waals surface area contributed by atoms with Gasteiger partial charge in [-0.15, -0.1) is 0 Å². The number of nitrogens with zero attached hydrogens (tertiary/aromatic N) is 1. The van der Waals surface area contributed by atoms with Gasteiger partial charge in [0.1, 0.15) is 17.6 Å². The van der Waals surface area contributed by atoms with E-state index in [0.717, 1.165) is 11.8 Å². The molecule has 0 aromatic heterocycles. The third kappa shape index (κ3) is 3.01. The second-order valence-electron chi connectivity index (χ2n) is 5.30. The lowest BCUT2D eigenvalue weighted by molar-refractivity contribution is -0.118. The molecule has 0 spiro atoms. The number of carbonyl (C=O) groups is 2. The third-order valence-corrected chi connectivity index (χ3v) is 3.78. The Bertz CT molecular complexity index is 749. The van der Waals surface area contributed by atoms with Crippen LogP contribution in [0.25, 0.3) is 0 Å². The van der Waals surface area contributed by atoms with Gasteiger partial charge in [0.2, 0.25) is 5.91 Å². The smallest absolute Gasteiger partial charge is 0.254 e. The number of amides is 2. The molecule has 1 aliphatic heterocycles. The fourth-order valence-corrected chi connectivity index (χ4v) is 2.60. The lowest BCUT2D eigenvalue weighted by Crippen LogP contribution is -2.41. The van der Waals surface area contributed by atoms with E-state index in [0.29, 0.717) is 13.0 Å². The van der Waals surface area contributed by atoms with Gasteiger partial charge in [0, 0.05) is 18.3 Å². The highest BCUT2D eigenvalue weighted by Gasteiger charge is 2.34. The first kappa shape index (κ1) is 15.0. The lowest BCUT2D eigenvalue weighted by Gasteiger charge is -2.17. The predicted octanol–water partition coefficient (Wildman–Crippen LogP) is 2.07. The molecule has 3 rings (SSSR count). The Morgan fingerprint density at radius 2 is 1.96 bits per heavy atom. The van der Waals surface area contributed by atoms with Crippen molar-refractivity contribution in [3.8, 4) is 5.75 Å². The molecule has 1 atom stereocenters. The Hall–Kier alpha value is -2.89. The van der Waals surface area contributed by atoms with Crippen molar-refractivity contribution in [2.75, 3.05) is 11.4 Å². The molecular formula is C17H15FN2O3. The molecule has 2 N–H and O–H groups in total. The minimum atomic E-state index is -0.826. The number of hydrogen-bond donors (Lipinski definition) is 2. The number of aromatic hydroxyl groups is 1. The van der Waals surface area contributed by atoms with Crippen LogP contribution < -0.4 is 10.2 Å². The van der Waals surface area contributed by atoms with Crippen LogP contribution in [-0.2, 0) is 4.79 Å². The average molecular weight is 314 g/mol. The molecule has 0 aliphatic carbocycles. The molecule has 118 valence electrons. The molecule has 1 saturated heterocycles. The summed E-state index contributed by atoms with van der Waals surface area (Å²) in [5, 5.41) is 11.7. The van der Waals surface area contributed by atoms with Crippen molar-refractivity contribution >= 4 is 17.5 Å². The van der Waals surface area contributed by atoms with Crippen LogP contribution in [0.2, 0.25) is 0 Å². The van der Waals surface area contributed by atoms with Crippen LogP contribution in [0.4, 0.5) is 10.1 Å². The second-order valence-corrected chi connectivity index (χ2v) is 5.30. The van der Waals surface area contributed by atoms with Crippen LogP contribution in [0.3, 0.4) is 0 Å². The first-order valence-electron chi connectivity index (χ1n) is 7.22. The number of benzene rings is 2. The summed E-state index contributed by atoms with van der Waals surface area (Å²) in [6.45, 7) is 0.492. The third-order valence-electron chi connectivity index (χ3n) is 3.78. The maximum absolute atomic E-state index is 13.7. The van der Waals surface area contributed by atoms with Gasteiger partial charge in [-0.3, -0.25) is 9.59 Å². The summed E-state index contributed by atoms with van der Waals surface area (Å²) >= 11 is 0. The Morgan fingerprint density at radius 3 is 2.65 bits per heavy atom. The van der Waals surface area contributed by atoms with Gasteiger partial charge in [0.15, 0.2) is 0 Å². The number of rotatable bonds is 3. The Labute approximate surface area is 132 Å². The van der Waals surface area contributed by atoms with E-state index in [4.69, 9.17) is 0 Å². The molecular weight excluding hydrogens is 299 g/mol. The van der Waals surface area contributed by atoms with Crippen LogP contribution in [0.1, 0.15) is 16.8 Å². The SMILES string of the molecule is O=C(N[C@@H]1CCN(c2ccccc2)C1=O)c1ccc(O)cc1F. The number of phenols is 1. The topological polar surface area (TPSA) is 69.6 Å². The monoisotopic (exact) mass is 314 g/mol. The van der Waals surface area contributed by atoms with Crippen LogP contribution >= 0.6 is 0 Å². The van der Waals surface area contributed by atoms with Crippen LogP contribution in [0.15, 0.2) is 48.5 Å².